The largest absolute Gasteiger partial charge is 0.327 e. The van der Waals surface area contributed by atoms with Gasteiger partial charge in [0.25, 0.3) is 0 Å². The first kappa shape index (κ1) is 13.6. The third kappa shape index (κ3) is 3.34. The van der Waals surface area contributed by atoms with Crippen LogP contribution in [0.2, 0.25) is 0 Å². The van der Waals surface area contributed by atoms with E-state index in [2.05, 4.69) is 33.0 Å². The van der Waals surface area contributed by atoms with Crippen molar-refractivity contribution in [3.63, 3.8) is 0 Å². The van der Waals surface area contributed by atoms with Crippen LogP contribution in [-0.4, -0.2) is 11.0 Å². The highest BCUT2D eigenvalue weighted by Crippen LogP contribution is 2.39. The van der Waals surface area contributed by atoms with Gasteiger partial charge < -0.3 is 5.73 Å². The summed E-state index contributed by atoms with van der Waals surface area (Å²) in [5.41, 5.74) is 7.26. The lowest BCUT2D eigenvalue weighted by Gasteiger charge is -2.21. The number of aromatic nitrogens is 1. The molecule has 2 rings (SSSR count). The van der Waals surface area contributed by atoms with E-state index >= 15 is 0 Å². The van der Waals surface area contributed by atoms with E-state index in [4.69, 9.17) is 5.73 Å². The van der Waals surface area contributed by atoms with E-state index < -0.39 is 0 Å². The molecule has 94 valence electrons. The molecular weight excluding hydrogens is 308 g/mol. The van der Waals surface area contributed by atoms with Crippen molar-refractivity contribution in [1.82, 2.24) is 4.98 Å². The predicted molar refractivity (Wildman–Crippen MR) is 80.6 cm³/mol. The first-order chi connectivity index (χ1) is 8.68. The first-order valence-electron chi connectivity index (χ1n) is 5.75. The summed E-state index contributed by atoms with van der Waals surface area (Å²) < 4.78 is 1.10. The molecule has 1 aromatic heterocycles. The van der Waals surface area contributed by atoms with Crippen LogP contribution in [-0.2, 0) is 0 Å². The normalized spacial score (nSPS) is 14.2. The van der Waals surface area contributed by atoms with Gasteiger partial charge in [0.05, 0.1) is 5.25 Å². The number of rotatable bonds is 4. The Labute approximate surface area is 120 Å². The van der Waals surface area contributed by atoms with Crippen LogP contribution in [0, 0.1) is 0 Å². The Hall–Kier alpha value is -0.840. The molecule has 0 aliphatic rings. The molecule has 0 amide bonds. The van der Waals surface area contributed by atoms with Crippen LogP contribution < -0.4 is 5.73 Å². The fourth-order valence-corrected chi connectivity index (χ4v) is 3.37. The highest BCUT2D eigenvalue weighted by molar-refractivity contribution is 9.10. The minimum Gasteiger partial charge on any atom is -0.327 e. The zero-order valence-electron chi connectivity index (χ0n) is 10.1. The second kappa shape index (κ2) is 6.36. The fourth-order valence-electron chi connectivity index (χ4n) is 1.70. The van der Waals surface area contributed by atoms with Crippen molar-refractivity contribution in [2.24, 2.45) is 5.73 Å². The highest BCUT2D eigenvalue weighted by Gasteiger charge is 2.18. The molecule has 2 N–H and O–H groups in total. The Bertz CT molecular complexity index is 502. The van der Waals surface area contributed by atoms with E-state index in [1.165, 1.54) is 4.90 Å². The van der Waals surface area contributed by atoms with Gasteiger partial charge in [-0.05, 0) is 46.6 Å². The van der Waals surface area contributed by atoms with Crippen LogP contribution in [0.4, 0.5) is 0 Å². The average Bonchev–Trinajstić information content (AvgIpc) is 2.38. The summed E-state index contributed by atoms with van der Waals surface area (Å²) in [4.78, 5) is 5.37. The molecule has 2 nitrogen and oxygen atoms in total. The zero-order chi connectivity index (χ0) is 13.0. The van der Waals surface area contributed by atoms with Crippen molar-refractivity contribution in [1.29, 1.82) is 0 Å². The van der Waals surface area contributed by atoms with Crippen molar-refractivity contribution in [2.45, 2.75) is 23.1 Å². The van der Waals surface area contributed by atoms with Gasteiger partial charge in [-0.1, -0.05) is 18.2 Å². The maximum atomic E-state index is 6.10. The molecule has 2 unspecified atom stereocenters. The lowest BCUT2D eigenvalue weighted by molar-refractivity contribution is 0.719. The molecule has 0 fully saturated rings. The van der Waals surface area contributed by atoms with E-state index in [9.17, 15) is 0 Å². The Morgan fingerprint density at radius 2 is 2.00 bits per heavy atom. The van der Waals surface area contributed by atoms with Crippen LogP contribution >= 0.6 is 27.7 Å². The molecule has 1 aromatic carbocycles. The quantitative estimate of drug-likeness (QED) is 0.864. The maximum absolute atomic E-state index is 6.10. The Balaban J connectivity index is 2.26. The number of nitrogens with two attached hydrogens (primary N) is 1. The SMILES string of the molecule is CC(N)C(Sc1ccccc1Br)c1cccnc1. The number of nitrogens with zero attached hydrogens (tertiary/aromatic N) is 1. The van der Waals surface area contributed by atoms with Gasteiger partial charge in [0.15, 0.2) is 0 Å². The van der Waals surface area contributed by atoms with E-state index in [-0.39, 0.29) is 11.3 Å². The zero-order valence-corrected chi connectivity index (χ0v) is 12.5. The lowest BCUT2D eigenvalue weighted by atomic mass is 10.1. The summed E-state index contributed by atoms with van der Waals surface area (Å²) in [6.45, 7) is 2.03. The van der Waals surface area contributed by atoms with Gasteiger partial charge in [0.1, 0.15) is 0 Å². The molecular formula is C14H15BrN2S. The second-order valence-electron chi connectivity index (χ2n) is 4.11. The van der Waals surface area contributed by atoms with Gasteiger partial charge >= 0.3 is 0 Å². The smallest absolute Gasteiger partial charge is 0.0508 e. The minimum absolute atomic E-state index is 0.0614. The van der Waals surface area contributed by atoms with E-state index in [0.29, 0.717) is 0 Å². The predicted octanol–water partition coefficient (Wildman–Crippen LogP) is 4.02. The molecule has 4 heteroatoms. The summed E-state index contributed by atoms with van der Waals surface area (Å²) in [7, 11) is 0. The molecule has 0 spiro atoms. The summed E-state index contributed by atoms with van der Waals surface area (Å²) in [6, 6.07) is 12.3. The maximum Gasteiger partial charge on any atom is 0.0508 e. The highest BCUT2D eigenvalue weighted by atomic mass is 79.9. The topological polar surface area (TPSA) is 38.9 Å². The van der Waals surface area contributed by atoms with Gasteiger partial charge in [-0.2, -0.15) is 0 Å². The van der Waals surface area contributed by atoms with Crippen LogP contribution in [0.25, 0.3) is 0 Å². The van der Waals surface area contributed by atoms with E-state index in [1.807, 2.05) is 37.4 Å². The third-order valence-electron chi connectivity index (χ3n) is 2.58. The van der Waals surface area contributed by atoms with Crippen LogP contribution in [0.3, 0.4) is 0 Å². The molecule has 0 bridgehead atoms. The van der Waals surface area contributed by atoms with E-state index in [1.54, 1.807) is 18.0 Å². The molecule has 2 atom stereocenters. The monoisotopic (exact) mass is 322 g/mol. The number of hydrogen-bond donors (Lipinski definition) is 1. The summed E-state index contributed by atoms with van der Waals surface area (Å²) in [5.74, 6) is 0. The van der Waals surface area contributed by atoms with Gasteiger partial charge in [-0.25, -0.2) is 0 Å². The van der Waals surface area contributed by atoms with Crippen molar-refractivity contribution >= 4 is 27.7 Å². The van der Waals surface area contributed by atoms with Crippen molar-refractivity contribution in [3.05, 3.63) is 58.8 Å². The van der Waals surface area contributed by atoms with Gasteiger partial charge in [0.2, 0.25) is 0 Å². The number of thioether (sulfide) groups is 1. The van der Waals surface area contributed by atoms with Gasteiger partial charge in [-0.15, -0.1) is 11.8 Å². The Morgan fingerprint density at radius 3 is 2.61 bits per heavy atom. The minimum atomic E-state index is 0.0614. The van der Waals surface area contributed by atoms with Gasteiger partial charge in [-0.3, -0.25) is 4.98 Å². The second-order valence-corrected chi connectivity index (χ2v) is 6.15. The molecule has 0 aliphatic carbocycles. The third-order valence-corrected chi connectivity index (χ3v) is 5.10. The first-order valence-corrected chi connectivity index (χ1v) is 7.42. The molecule has 2 aromatic rings. The number of pyridine rings is 1. The summed E-state index contributed by atoms with van der Waals surface area (Å²) in [6.07, 6.45) is 3.67. The van der Waals surface area contributed by atoms with Crippen molar-refractivity contribution < 1.29 is 0 Å². The Morgan fingerprint density at radius 1 is 1.22 bits per heavy atom. The molecule has 0 saturated heterocycles. The Kier molecular flexibility index (Phi) is 4.80. The summed E-state index contributed by atoms with van der Waals surface area (Å²) in [5, 5.41) is 0.206. The van der Waals surface area contributed by atoms with Crippen molar-refractivity contribution in [3.8, 4) is 0 Å². The number of hydrogen-bond acceptors (Lipinski definition) is 3. The molecule has 18 heavy (non-hydrogen) atoms. The number of benzene rings is 1. The summed E-state index contributed by atoms with van der Waals surface area (Å²) >= 11 is 5.33. The molecule has 0 radical (unpaired) electrons. The molecule has 0 aliphatic heterocycles. The standard InChI is InChI=1S/C14H15BrN2S/c1-10(16)14(11-5-4-8-17-9-11)18-13-7-3-2-6-12(13)15/h2-10,14H,16H2,1H3. The van der Waals surface area contributed by atoms with Crippen LogP contribution in [0.15, 0.2) is 58.2 Å². The number of halogens is 1. The lowest BCUT2D eigenvalue weighted by Crippen LogP contribution is -2.22. The fraction of sp³-hybridized carbons (Fsp3) is 0.214. The van der Waals surface area contributed by atoms with Gasteiger partial charge in [0, 0.05) is 27.8 Å². The van der Waals surface area contributed by atoms with Crippen molar-refractivity contribution in [2.75, 3.05) is 0 Å². The molecule has 0 saturated carbocycles. The van der Waals surface area contributed by atoms with Crippen LogP contribution in [0.5, 0.6) is 0 Å². The van der Waals surface area contributed by atoms with Crippen LogP contribution in [0.1, 0.15) is 17.7 Å². The average molecular weight is 323 g/mol. The van der Waals surface area contributed by atoms with E-state index in [0.717, 1.165) is 10.0 Å². The molecule has 1 heterocycles.